The monoisotopic (exact) mass is 251 g/mol. The van der Waals surface area contributed by atoms with Gasteiger partial charge in [-0.05, 0) is 18.8 Å². The van der Waals surface area contributed by atoms with E-state index in [1.807, 2.05) is 6.07 Å². The van der Waals surface area contributed by atoms with E-state index in [9.17, 15) is 0 Å². The molecule has 0 aliphatic heterocycles. The Morgan fingerprint density at radius 1 is 1.22 bits per heavy atom. The third-order valence-corrected chi connectivity index (χ3v) is 3.28. The summed E-state index contributed by atoms with van der Waals surface area (Å²) in [6.45, 7) is 4.42. The molecule has 0 fully saturated rings. The molecule has 0 aliphatic rings. The minimum atomic E-state index is 0.171. The highest BCUT2D eigenvalue weighted by Crippen LogP contribution is 2.19. The van der Waals surface area contributed by atoms with Gasteiger partial charge in [0.25, 0.3) is 0 Å². The van der Waals surface area contributed by atoms with Crippen molar-refractivity contribution >= 4 is 0 Å². The highest BCUT2D eigenvalue weighted by molar-refractivity contribution is 5.14. The Bertz CT molecular complexity index is 338. The molecule has 0 aromatic carbocycles. The lowest BCUT2D eigenvalue weighted by atomic mass is 9.88. The summed E-state index contributed by atoms with van der Waals surface area (Å²) in [5.41, 5.74) is 7.28. The summed E-state index contributed by atoms with van der Waals surface area (Å²) in [5.74, 6) is 1.19. The third-order valence-electron chi connectivity index (χ3n) is 3.28. The number of rotatable bonds is 8. The Hall–Kier alpha value is -1.16. The number of nitrogens with zero attached hydrogens (tertiary/aromatic N) is 2. The zero-order chi connectivity index (χ0) is 13.4. The predicted octanol–water partition coefficient (Wildman–Crippen LogP) is 2.57. The quantitative estimate of drug-likeness (QED) is 0.771. The number of hydrogen-bond acceptors (Lipinski definition) is 4. The maximum atomic E-state index is 6.31. The molecule has 1 unspecified atom stereocenters. The van der Waals surface area contributed by atoms with Crippen molar-refractivity contribution in [3.63, 3.8) is 0 Å². The minimum Gasteiger partial charge on any atom is -0.481 e. The number of hydrogen-bond donors (Lipinski definition) is 1. The molecule has 102 valence electrons. The van der Waals surface area contributed by atoms with E-state index in [1.54, 1.807) is 7.11 Å². The van der Waals surface area contributed by atoms with Crippen molar-refractivity contribution in [2.75, 3.05) is 7.11 Å². The van der Waals surface area contributed by atoms with Gasteiger partial charge in [-0.2, -0.15) is 0 Å². The van der Waals surface area contributed by atoms with Crippen molar-refractivity contribution < 1.29 is 4.74 Å². The lowest BCUT2D eigenvalue weighted by molar-refractivity contribution is 0.356. The van der Waals surface area contributed by atoms with Crippen LogP contribution in [0.3, 0.4) is 0 Å². The van der Waals surface area contributed by atoms with Crippen LogP contribution in [0.15, 0.2) is 12.4 Å². The first kappa shape index (κ1) is 14.9. The number of aromatic nitrogens is 2. The fraction of sp³-hybridized carbons (Fsp3) is 0.714. The lowest BCUT2D eigenvalue weighted by Gasteiger charge is -2.22. The molecule has 0 radical (unpaired) electrons. The zero-order valence-electron chi connectivity index (χ0n) is 11.7. The van der Waals surface area contributed by atoms with Gasteiger partial charge in [0.05, 0.1) is 7.11 Å². The Labute approximate surface area is 110 Å². The van der Waals surface area contributed by atoms with Crippen molar-refractivity contribution in [1.29, 1.82) is 0 Å². The molecule has 0 saturated heterocycles. The SMILES string of the molecule is CCCC(CCC)C(N)Cc1cc(OC)ncn1. The average molecular weight is 251 g/mol. The molecule has 0 amide bonds. The van der Waals surface area contributed by atoms with Crippen LogP contribution in [-0.4, -0.2) is 23.1 Å². The summed E-state index contributed by atoms with van der Waals surface area (Å²) < 4.78 is 5.10. The van der Waals surface area contributed by atoms with Gasteiger partial charge < -0.3 is 10.5 Å². The molecule has 2 N–H and O–H groups in total. The molecule has 0 spiro atoms. The minimum absolute atomic E-state index is 0.171. The normalized spacial score (nSPS) is 12.7. The van der Waals surface area contributed by atoms with Gasteiger partial charge in [0, 0.05) is 24.2 Å². The fourth-order valence-corrected chi connectivity index (χ4v) is 2.32. The average Bonchev–Trinajstić information content (AvgIpc) is 2.38. The molecule has 1 aromatic heterocycles. The number of methoxy groups -OCH3 is 1. The Morgan fingerprint density at radius 3 is 2.44 bits per heavy atom. The fourth-order valence-electron chi connectivity index (χ4n) is 2.32. The van der Waals surface area contributed by atoms with Crippen LogP contribution < -0.4 is 10.5 Å². The van der Waals surface area contributed by atoms with Gasteiger partial charge in [0.15, 0.2) is 0 Å². The lowest BCUT2D eigenvalue weighted by Crippen LogP contribution is -2.32. The molecule has 0 bridgehead atoms. The van der Waals surface area contributed by atoms with Crippen LogP contribution in [-0.2, 0) is 6.42 Å². The van der Waals surface area contributed by atoms with Gasteiger partial charge in [-0.3, -0.25) is 0 Å². The van der Waals surface area contributed by atoms with Gasteiger partial charge in [0.2, 0.25) is 5.88 Å². The molecule has 0 saturated carbocycles. The Balaban J connectivity index is 2.62. The van der Waals surface area contributed by atoms with E-state index in [0.717, 1.165) is 12.1 Å². The molecule has 0 aliphatic carbocycles. The van der Waals surface area contributed by atoms with Gasteiger partial charge in [0.1, 0.15) is 6.33 Å². The first-order chi connectivity index (χ1) is 8.71. The summed E-state index contributed by atoms with van der Waals surface area (Å²) in [6, 6.07) is 2.04. The van der Waals surface area contributed by atoms with Crippen LogP contribution in [0.25, 0.3) is 0 Å². The van der Waals surface area contributed by atoms with E-state index in [-0.39, 0.29) is 6.04 Å². The van der Waals surface area contributed by atoms with Crippen LogP contribution in [0, 0.1) is 5.92 Å². The smallest absolute Gasteiger partial charge is 0.216 e. The second-order valence-corrected chi connectivity index (χ2v) is 4.76. The topological polar surface area (TPSA) is 61.0 Å². The largest absolute Gasteiger partial charge is 0.481 e. The van der Waals surface area contributed by atoms with E-state index in [0.29, 0.717) is 11.8 Å². The van der Waals surface area contributed by atoms with Crippen LogP contribution in [0.1, 0.15) is 45.2 Å². The predicted molar refractivity (Wildman–Crippen MR) is 73.6 cm³/mol. The van der Waals surface area contributed by atoms with E-state index in [1.165, 1.54) is 32.0 Å². The molecule has 1 rings (SSSR count). The molecule has 1 heterocycles. The first-order valence-corrected chi connectivity index (χ1v) is 6.81. The highest BCUT2D eigenvalue weighted by atomic mass is 16.5. The van der Waals surface area contributed by atoms with Crippen LogP contribution >= 0.6 is 0 Å². The third kappa shape index (κ3) is 4.61. The van der Waals surface area contributed by atoms with Gasteiger partial charge in [-0.1, -0.05) is 26.7 Å². The molecule has 18 heavy (non-hydrogen) atoms. The van der Waals surface area contributed by atoms with E-state index in [4.69, 9.17) is 10.5 Å². The number of nitrogens with two attached hydrogens (primary N) is 1. The maximum Gasteiger partial charge on any atom is 0.216 e. The van der Waals surface area contributed by atoms with Gasteiger partial charge in [-0.25, -0.2) is 9.97 Å². The van der Waals surface area contributed by atoms with Gasteiger partial charge >= 0.3 is 0 Å². The van der Waals surface area contributed by atoms with E-state index >= 15 is 0 Å². The second-order valence-electron chi connectivity index (χ2n) is 4.76. The summed E-state index contributed by atoms with van der Waals surface area (Å²) in [5, 5.41) is 0. The van der Waals surface area contributed by atoms with E-state index < -0.39 is 0 Å². The number of ether oxygens (including phenoxy) is 1. The molecule has 1 atom stereocenters. The van der Waals surface area contributed by atoms with Crippen molar-refractivity contribution in [2.24, 2.45) is 11.7 Å². The first-order valence-electron chi connectivity index (χ1n) is 6.81. The van der Waals surface area contributed by atoms with Crippen molar-refractivity contribution in [3.05, 3.63) is 18.1 Å². The summed E-state index contributed by atoms with van der Waals surface area (Å²) >= 11 is 0. The molecular weight excluding hydrogens is 226 g/mol. The van der Waals surface area contributed by atoms with Crippen molar-refractivity contribution in [3.8, 4) is 5.88 Å². The molecule has 4 heteroatoms. The Kier molecular flexibility index (Phi) is 6.65. The summed E-state index contributed by atoms with van der Waals surface area (Å²) in [6.07, 6.45) is 7.09. The van der Waals surface area contributed by atoms with Crippen LogP contribution in [0.5, 0.6) is 5.88 Å². The zero-order valence-corrected chi connectivity index (χ0v) is 11.7. The Morgan fingerprint density at radius 2 is 1.89 bits per heavy atom. The van der Waals surface area contributed by atoms with Crippen LogP contribution in [0.2, 0.25) is 0 Å². The highest BCUT2D eigenvalue weighted by Gasteiger charge is 2.17. The van der Waals surface area contributed by atoms with Gasteiger partial charge in [-0.15, -0.1) is 0 Å². The summed E-state index contributed by atoms with van der Waals surface area (Å²) in [4.78, 5) is 8.27. The molecule has 1 aromatic rings. The van der Waals surface area contributed by atoms with Crippen LogP contribution in [0.4, 0.5) is 0 Å². The van der Waals surface area contributed by atoms with E-state index in [2.05, 4.69) is 23.8 Å². The summed E-state index contributed by atoms with van der Waals surface area (Å²) in [7, 11) is 1.61. The standard InChI is InChI=1S/C14H25N3O/c1-4-6-11(7-5-2)13(15)8-12-9-14(18-3)17-10-16-12/h9-11,13H,4-8,15H2,1-3H3. The molecular formula is C14H25N3O. The van der Waals surface area contributed by atoms with Crippen molar-refractivity contribution in [1.82, 2.24) is 9.97 Å². The molecule has 4 nitrogen and oxygen atoms in total. The van der Waals surface area contributed by atoms with Crippen molar-refractivity contribution in [2.45, 2.75) is 52.0 Å². The maximum absolute atomic E-state index is 6.31. The second kappa shape index (κ2) is 8.03.